The second-order valence-electron chi connectivity index (χ2n) is 11.8. The highest BCUT2D eigenvalue weighted by atomic mass is 19.1. The van der Waals surface area contributed by atoms with Crippen molar-refractivity contribution >= 4 is 29.3 Å². The van der Waals surface area contributed by atoms with Gasteiger partial charge in [0.25, 0.3) is 0 Å². The van der Waals surface area contributed by atoms with Gasteiger partial charge in [0, 0.05) is 31.1 Å². The Morgan fingerprint density at radius 3 is 2.36 bits per heavy atom. The molecule has 45 heavy (non-hydrogen) atoms. The number of anilines is 2. The molecule has 2 fully saturated rings. The number of carbonyl (C=O) groups excluding carboxylic acids is 3. The molecule has 2 aliphatic heterocycles. The number of nitrogens with zero attached hydrogens (tertiary/aromatic N) is 2. The molecule has 6 atom stereocenters. The van der Waals surface area contributed by atoms with Crippen molar-refractivity contribution in [3.05, 3.63) is 83.7 Å². The fraction of sp³-hybridized carbons (Fsp3) is 0.441. The van der Waals surface area contributed by atoms with Crippen LogP contribution in [-0.4, -0.2) is 73.8 Å². The maximum absolute atomic E-state index is 13.8. The first-order valence-corrected chi connectivity index (χ1v) is 15.5. The van der Waals surface area contributed by atoms with E-state index in [-0.39, 0.29) is 29.8 Å². The first-order valence-electron chi connectivity index (χ1n) is 15.5. The number of likely N-dealkylation sites (tertiary alicyclic amines) is 1. The summed E-state index contributed by atoms with van der Waals surface area (Å²) in [5.74, 6) is -0.970. The highest BCUT2D eigenvalue weighted by molar-refractivity contribution is 5.98. The number of carbonyl (C=O) groups is 3. The van der Waals surface area contributed by atoms with Crippen molar-refractivity contribution < 1.29 is 28.2 Å². The third-order valence-corrected chi connectivity index (χ3v) is 9.02. The number of ether oxygens (including phenoxy) is 2. The summed E-state index contributed by atoms with van der Waals surface area (Å²) in [5, 5.41) is 5.51. The first-order chi connectivity index (χ1) is 21.7. The van der Waals surface area contributed by atoms with Crippen LogP contribution in [0.15, 0.2) is 72.3 Å². The van der Waals surface area contributed by atoms with Crippen LogP contribution in [0, 0.1) is 5.82 Å². The molecule has 0 bridgehead atoms. The number of benzene rings is 2. The Bertz CT molecular complexity index is 1430. The van der Waals surface area contributed by atoms with Crippen LogP contribution in [-0.2, 0) is 19.1 Å². The monoisotopic (exact) mass is 619 g/mol. The lowest BCUT2D eigenvalue weighted by Gasteiger charge is -2.34. The van der Waals surface area contributed by atoms with Gasteiger partial charge in [-0.2, -0.15) is 0 Å². The van der Waals surface area contributed by atoms with Crippen LogP contribution in [0.3, 0.4) is 0 Å². The van der Waals surface area contributed by atoms with Gasteiger partial charge >= 0.3 is 6.09 Å². The van der Waals surface area contributed by atoms with Gasteiger partial charge in [-0.3, -0.25) is 9.59 Å². The van der Waals surface area contributed by atoms with Crippen LogP contribution in [0.4, 0.5) is 20.6 Å². The summed E-state index contributed by atoms with van der Waals surface area (Å²) in [6.07, 6.45) is 8.77. The molecule has 0 aromatic heterocycles. The molecule has 0 saturated carbocycles. The number of alkyl carbamates (subject to hydrolysis) is 1. The van der Waals surface area contributed by atoms with Crippen molar-refractivity contribution in [2.45, 2.75) is 75.3 Å². The zero-order chi connectivity index (χ0) is 32.1. The maximum atomic E-state index is 13.8. The molecule has 2 heterocycles. The smallest absolute Gasteiger partial charge is 0.407 e. The maximum Gasteiger partial charge on any atom is 0.407 e. The minimum absolute atomic E-state index is 0.0225. The van der Waals surface area contributed by atoms with Gasteiger partial charge in [0.15, 0.2) is 0 Å². The Labute approximate surface area is 263 Å². The number of nitrogens with one attached hydrogen (secondary N) is 2. The standard InChI is InChI=1S/C34H42FN5O5/c1-21(44-2)31(38-34(43)45-3)33(42)39-20-4-5-30(39)32(41)37-26-14-8-23(9-15-26)29-19-18-28(22-6-12-25(36)13-7-22)40(29)27-16-10-24(35)11-17-27/h6-12,14-17,21,25,28-31H,4-5,13,18-20,36H2,1-3H3,(H,37,41)(H,38,43)/t21-,25?,28+,29+,30+,31?/m1/s1. The number of rotatable bonds is 9. The molecule has 3 aliphatic rings. The van der Waals surface area contributed by atoms with Crippen molar-refractivity contribution in [2.24, 2.45) is 5.73 Å². The van der Waals surface area contributed by atoms with Gasteiger partial charge in [-0.15, -0.1) is 0 Å². The zero-order valence-electron chi connectivity index (χ0n) is 25.9. The molecular formula is C34H42FN5O5. The molecule has 240 valence electrons. The molecule has 3 amide bonds. The topological polar surface area (TPSA) is 126 Å². The van der Waals surface area contributed by atoms with Crippen LogP contribution in [0.5, 0.6) is 0 Å². The predicted octanol–water partition coefficient (Wildman–Crippen LogP) is 4.44. The molecule has 2 saturated heterocycles. The van der Waals surface area contributed by atoms with Crippen molar-refractivity contribution in [1.82, 2.24) is 10.2 Å². The Kier molecular flexibility index (Phi) is 10.2. The molecule has 11 heteroatoms. The second kappa shape index (κ2) is 14.3. The fourth-order valence-corrected chi connectivity index (χ4v) is 6.54. The summed E-state index contributed by atoms with van der Waals surface area (Å²) in [5.41, 5.74) is 9.94. The van der Waals surface area contributed by atoms with Gasteiger partial charge < -0.3 is 35.6 Å². The summed E-state index contributed by atoms with van der Waals surface area (Å²) >= 11 is 0. The summed E-state index contributed by atoms with van der Waals surface area (Å²) in [4.78, 5) is 42.6. The Balaban J connectivity index is 1.30. The Hall–Kier alpha value is -4.22. The van der Waals surface area contributed by atoms with Crippen LogP contribution >= 0.6 is 0 Å². The molecular weight excluding hydrogens is 577 g/mol. The average molecular weight is 620 g/mol. The third-order valence-electron chi connectivity index (χ3n) is 9.02. The molecule has 0 spiro atoms. The third kappa shape index (κ3) is 7.20. The fourth-order valence-electron chi connectivity index (χ4n) is 6.54. The molecule has 4 N–H and O–H groups in total. The van der Waals surface area contributed by atoms with Gasteiger partial charge in [0.2, 0.25) is 11.8 Å². The van der Waals surface area contributed by atoms with Crippen molar-refractivity contribution in [1.29, 1.82) is 0 Å². The highest BCUT2D eigenvalue weighted by Gasteiger charge is 2.40. The Morgan fingerprint density at radius 1 is 1.00 bits per heavy atom. The quantitative estimate of drug-likeness (QED) is 0.379. The summed E-state index contributed by atoms with van der Waals surface area (Å²) in [7, 11) is 2.67. The summed E-state index contributed by atoms with van der Waals surface area (Å²) < 4.78 is 23.8. The first kappa shape index (κ1) is 32.2. The van der Waals surface area contributed by atoms with Crippen LogP contribution in [0.1, 0.15) is 50.6 Å². The van der Waals surface area contributed by atoms with Gasteiger partial charge in [-0.1, -0.05) is 30.4 Å². The lowest BCUT2D eigenvalue weighted by atomic mass is 9.96. The van der Waals surface area contributed by atoms with E-state index in [0.717, 1.165) is 30.5 Å². The van der Waals surface area contributed by atoms with E-state index in [1.54, 1.807) is 6.92 Å². The normalized spacial score (nSPS) is 24.2. The SMILES string of the molecule is COC(=O)NC(C(=O)N1CCC[C@H]1C(=O)Nc1ccc([C@@H]2CC[C@@H](C3=CCC(N)C=C3)N2c2ccc(F)cc2)cc1)[C@@H](C)OC. The van der Waals surface area contributed by atoms with E-state index in [1.165, 1.54) is 36.8 Å². The number of nitrogens with two attached hydrogens (primary N) is 1. The van der Waals surface area contributed by atoms with Crippen molar-refractivity contribution in [2.75, 3.05) is 31.0 Å². The van der Waals surface area contributed by atoms with E-state index in [9.17, 15) is 18.8 Å². The lowest BCUT2D eigenvalue weighted by molar-refractivity contribution is -0.141. The van der Waals surface area contributed by atoms with E-state index in [0.29, 0.717) is 25.1 Å². The summed E-state index contributed by atoms with van der Waals surface area (Å²) in [6, 6.07) is 12.9. The molecule has 2 unspecified atom stereocenters. The number of hydrogen-bond donors (Lipinski definition) is 3. The van der Waals surface area contributed by atoms with Gasteiger partial charge in [0.05, 0.1) is 25.3 Å². The van der Waals surface area contributed by atoms with E-state index in [2.05, 4.69) is 32.4 Å². The van der Waals surface area contributed by atoms with Crippen molar-refractivity contribution in [3.63, 3.8) is 0 Å². The molecule has 10 nitrogen and oxygen atoms in total. The van der Waals surface area contributed by atoms with Crippen LogP contribution in [0.2, 0.25) is 0 Å². The lowest BCUT2D eigenvalue weighted by Crippen LogP contribution is -2.56. The zero-order valence-corrected chi connectivity index (χ0v) is 25.9. The predicted molar refractivity (Wildman–Crippen MR) is 170 cm³/mol. The van der Waals surface area contributed by atoms with Crippen LogP contribution < -0.4 is 21.3 Å². The number of hydrogen-bond acceptors (Lipinski definition) is 7. The van der Waals surface area contributed by atoms with Gasteiger partial charge in [-0.25, -0.2) is 9.18 Å². The second-order valence-corrected chi connectivity index (χ2v) is 11.8. The van der Waals surface area contributed by atoms with E-state index in [1.807, 2.05) is 42.5 Å². The van der Waals surface area contributed by atoms with Gasteiger partial charge in [0.1, 0.15) is 17.9 Å². The average Bonchev–Trinajstić information content (AvgIpc) is 3.72. The molecule has 2 aromatic carbocycles. The number of halogens is 1. The molecule has 1 aliphatic carbocycles. The highest BCUT2D eigenvalue weighted by Crippen LogP contribution is 2.43. The van der Waals surface area contributed by atoms with Crippen molar-refractivity contribution in [3.8, 4) is 0 Å². The molecule has 5 rings (SSSR count). The van der Waals surface area contributed by atoms with Gasteiger partial charge in [-0.05, 0) is 86.6 Å². The molecule has 2 aromatic rings. The van der Waals surface area contributed by atoms with Crippen LogP contribution in [0.25, 0.3) is 0 Å². The minimum atomic E-state index is -0.994. The summed E-state index contributed by atoms with van der Waals surface area (Å²) in [6.45, 7) is 2.07. The number of methoxy groups -OCH3 is 2. The largest absolute Gasteiger partial charge is 0.453 e. The Morgan fingerprint density at radius 2 is 1.71 bits per heavy atom. The van der Waals surface area contributed by atoms with E-state index >= 15 is 0 Å². The minimum Gasteiger partial charge on any atom is -0.453 e. The number of amides is 3. The van der Waals surface area contributed by atoms with E-state index in [4.69, 9.17) is 10.5 Å². The molecule has 0 radical (unpaired) electrons. The van der Waals surface area contributed by atoms with E-state index < -0.39 is 30.2 Å².